The molecule has 82 valence electrons. The minimum atomic E-state index is 0.975. The summed E-state index contributed by atoms with van der Waals surface area (Å²) in [6, 6.07) is 8.39. The Morgan fingerprint density at radius 3 is 3.00 bits per heavy atom. The summed E-state index contributed by atoms with van der Waals surface area (Å²) in [5.74, 6) is 1.08. The van der Waals surface area contributed by atoms with Crippen LogP contribution in [0.5, 0.6) is 0 Å². The van der Waals surface area contributed by atoms with E-state index in [-0.39, 0.29) is 0 Å². The van der Waals surface area contributed by atoms with Crippen LogP contribution >= 0.6 is 0 Å². The van der Waals surface area contributed by atoms with Crippen LogP contribution in [0.1, 0.15) is 11.5 Å². The van der Waals surface area contributed by atoms with Gasteiger partial charge in [0.2, 0.25) is 0 Å². The van der Waals surface area contributed by atoms with Gasteiger partial charge in [-0.2, -0.15) is 0 Å². The standard InChI is InChI=1S/C13H15N3/c1-9-15-13-10-5-3-4-6-11(10)14-8-7-12(13)16(9)2/h3-6,14H,7-8H2,1-2H3. The molecule has 0 spiro atoms. The van der Waals surface area contributed by atoms with Crippen LogP contribution in [0.2, 0.25) is 0 Å². The molecule has 1 aromatic heterocycles. The quantitative estimate of drug-likeness (QED) is 0.728. The average molecular weight is 213 g/mol. The molecule has 1 N–H and O–H groups in total. The van der Waals surface area contributed by atoms with Crippen molar-refractivity contribution in [2.24, 2.45) is 7.05 Å². The van der Waals surface area contributed by atoms with Crippen molar-refractivity contribution in [3.8, 4) is 11.3 Å². The zero-order chi connectivity index (χ0) is 11.1. The Balaban J connectivity index is 2.29. The molecule has 0 fully saturated rings. The van der Waals surface area contributed by atoms with Crippen molar-refractivity contribution in [1.29, 1.82) is 0 Å². The van der Waals surface area contributed by atoms with Crippen molar-refractivity contribution in [3.05, 3.63) is 35.8 Å². The first-order valence-corrected chi connectivity index (χ1v) is 5.63. The highest BCUT2D eigenvalue weighted by Crippen LogP contribution is 2.32. The lowest BCUT2D eigenvalue weighted by molar-refractivity contribution is 0.788. The summed E-state index contributed by atoms with van der Waals surface area (Å²) in [7, 11) is 2.09. The van der Waals surface area contributed by atoms with Gasteiger partial charge in [-0.15, -0.1) is 0 Å². The zero-order valence-electron chi connectivity index (χ0n) is 9.62. The number of anilines is 1. The van der Waals surface area contributed by atoms with Gasteiger partial charge in [0.25, 0.3) is 0 Å². The van der Waals surface area contributed by atoms with Gasteiger partial charge in [0.15, 0.2) is 0 Å². The van der Waals surface area contributed by atoms with Gasteiger partial charge in [-0.05, 0) is 13.0 Å². The smallest absolute Gasteiger partial charge is 0.106 e. The maximum atomic E-state index is 4.68. The van der Waals surface area contributed by atoms with Crippen LogP contribution in [-0.4, -0.2) is 16.1 Å². The van der Waals surface area contributed by atoms with E-state index >= 15 is 0 Å². The second-order valence-electron chi connectivity index (χ2n) is 4.24. The third-order valence-electron chi connectivity index (χ3n) is 3.30. The molecule has 0 saturated heterocycles. The molecule has 1 aromatic carbocycles. The molecule has 2 aromatic rings. The first-order valence-electron chi connectivity index (χ1n) is 5.63. The lowest BCUT2D eigenvalue weighted by Crippen LogP contribution is -2.06. The Morgan fingerprint density at radius 2 is 2.12 bits per heavy atom. The lowest BCUT2D eigenvalue weighted by atomic mass is 10.1. The highest BCUT2D eigenvalue weighted by molar-refractivity contribution is 5.78. The van der Waals surface area contributed by atoms with E-state index in [2.05, 4.69) is 53.1 Å². The molecule has 1 aliphatic heterocycles. The van der Waals surface area contributed by atoms with Crippen LogP contribution in [0.25, 0.3) is 11.3 Å². The molecule has 0 radical (unpaired) electrons. The molecule has 0 unspecified atom stereocenters. The van der Waals surface area contributed by atoms with Gasteiger partial charge in [0.1, 0.15) is 5.82 Å². The highest BCUT2D eigenvalue weighted by Gasteiger charge is 2.18. The number of nitrogens with one attached hydrogen (secondary N) is 1. The minimum absolute atomic E-state index is 0.975. The van der Waals surface area contributed by atoms with Crippen molar-refractivity contribution in [2.75, 3.05) is 11.9 Å². The van der Waals surface area contributed by atoms with E-state index in [0.717, 1.165) is 24.5 Å². The first kappa shape index (κ1) is 9.46. The molecule has 0 amide bonds. The summed E-state index contributed by atoms with van der Waals surface area (Å²) >= 11 is 0. The molecule has 0 atom stereocenters. The van der Waals surface area contributed by atoms with E-state index < -0.39 is 0 Å². The number of aromatic nitrogens is 2. The van der Waals surface area contributed by atoms with Crippen molar-refractivity contribution in [3.63, 3.8) is 0 Å². The predicted octanol–water partition coefficient (Wildman–Crippen LogP) is 2.36. The zero-order valence-corrected chi connectivity index (χ0v) is 9.62. The number of hydrogen-bond acceptors (Lipinski definition) is 2. The van der Waals surface area contributed by atoms with Crippen LogP contribution < -0.4 is 5.32 Å². The fraction of sp³-hybridized carbons (Fsp3) is 0.308. The molecule has 2 heterocycles. The Bertz CT molecular complexity index is 540. The number of fused-ring (bicyclic) bond motifs is 3. The summed E-state index contributed by atoms with van der Waals surface area (Å²) in [6.07, 6.45) is 1.03. The predicted molar refractivity (Wildman–Crippen MR) is 65.6 cm³/mol. The van der Waals surface area contributed by atoms with Crippen molar-refractivity contribution in [2.45, 2.75) is 13.3 Å². The third kappa shape index (κ3) is 1.24. The van der Waals surface area contributed by atoms with Crippen LogP contribution in [0.15, 0.2) is 24.3 Å². The second kappa shape index (κ2) is 3.37. The van der Waals surface area contributed by atoms with Gasteiger partial charge in [-0.25, -0.2) is 4.98 Å². The molecule has 3 nitrogen and oxygen atoms in total. The normalized spacial score (nSPS) is 13.6. The molecule has 16 heavy (non-hydrogen) atoms. The first-order chi connectivity index (χ1) is 7.77. The molecule has 0 saturated carbocycles. The molecular weight excluding hydrogens is 198 g/mol. The highest BCUT2D eigenvalue weighted by atomic mass is 15.1. The Labute approximate surface area is 95.1 Å². The molecule has 0 aliphatic carbocycles. The largest absolute Gasteiger partial charge is 0.384 e. The van der Waals surface area contributed by atoms with Gasteiger partial charge < -0.3 is 9.88 Å². The van der Waals surface area contributed by atoms with Crippen LogP contribution in [0, 0.1) is 6.92 Å². The number of hydrogen-bond donors (Lipinski definition) is 1. The second-order valence-corrected chi connectivity index (χ2v) is 4.24. The SMILES string of the molecule is Cc1nc2c(n1C)CCNc1ccccc1-2. The van der Waals surface area contributed by atoms with E-state index in [1.165, 1.54) is 16.9 Å². The summed E-state index contributed by atoms with van der Waals surface area (Å²) in [5, 5.41) is 3.45. The average Bonchev–Trinajstić information content (AvgIpc) is 2.50. The van der Waals surface area contributed by atoms with Crippen molar-refractivity contribution in [1.82, 2.24) is 9.55 Å². The van der Waals surface area contributed by atoms with E-state index in [4.69, 9.17) is 0 Å². The maximum Gasteiger partial charge on any atom is 0.106 e. The van der Waals surface area contributed by atoms with E-state index in [0.29, 0.717) is 0 Å². The van der Waals surface area contributed by atoms with Gasteiger partial charge in [-0.1, -0.05) is 18.2 Å². The number of para-hydroxylation sites is 1. The van der Waals surface area contributed by atoms with E-state index in [9.17, 15) is 0 Å². The maximum absolute atomic E-state index is 4.68. The molecular formula is C13H15N3. The molecule has 3 rings (SSSR count). The number of imidazole rings is 1. The van der Waals surface area contributed by atoms with E-state index in [1.807, 2.05) is 0 Å². The van der Waals surface area contributed by atoms with Crippen LogP contribution in [-0.2, 0) is 13.5 Å². The Hall–Kier alpha value is -1.77. The van der Waals surface area contributed by atoms with Crippen LogP contribution in [0.3, 0.4) is 0 Å². The number of rotatable bonds is 0. The third-order valence-corrected chi connectivity index (χ3v) is 3.30. The summed E-state index contributed by atoms with van der Waals surface area (Å²) in [5.41, 5.74) is 4.88. The minimum Gasteiger partial charge on any atom is -0.384 e. The van der Waals surface area contributed by atoms with Gasteiger partial charge >= 0.3 is 0 Å². The Morgan fingerprint density at radius 1 is 1.31 bits per heavy atom. The summed E-state index contributed by atoms with van der Waals surface area (Å²) in [4.78, 5) is 4.68. The molecule has 3 heteroatoms. The molecule has 0 bridgehead atoms. The number of nitrogens with zero attached hydrogens (tertiary/aromatic N) is 2. The van der Waals surface area contributed by atoms with Crippen molar-refractivity contribution < 1.29 is 0 Å². The topological polar surface area (TPSA) is 29.9 Å². The van der Waals surface area contributed by atoms with Crippen molar-refractivity contribution >= 4 is 5.69 Å². The molecule has 1 aliphatic rings. The fourth-order valence-electron chi connectivity index (χ4n) is 2.32. The van der Waals surface area contributed by atoms with Crippen LogP contribution in [0.4, 0.5) is 5.69 Å². The summed E-state index contributed by atoms with van der Waals surface area (Å²) in [6.45, 7) is 3.04. The summed E-state index contributed by atoms with van der Waals surface area (Å²) < 4.78 is 2.19. The van der Waals surface area contributed by atoms with E-state index in [1.54, 1.807) is 0 Å². The number of benzene rings is 1. The van der Waals surface area contributed by atoms with Gasteiger partial charge in [0, 0.05) is 37.0 Å². The Kier molecular flexibility index (Phi) is 1.99. The fourth-order valence-corrected chi connectivity index (χ4v) is 2.32. The van der Waals surface area contributed by atoms with Gasteiger partial charge in [-0.3, -0.25) is 0 Å². The number of aryl methyl sites for hydroxylation is 1. The lowest BCUT2D eigenvalue weighted by Gasteiger charge is -2.05. The van der Waals surface area contributed by atoms with Gasteiger partial charge in [0.05, 0.1) is 5.69 Å². The monoisotopic (exact) mass is 213 g/mol.